The first-order valence-corrected chi connectivity index (χ1v) is 7.38. The molecule has 0 amide bonds. The van der Waals surface area contributed by atoms with E-state index in [0.717, 1.165) is 28.1 Å². The van der Waals surface area contributed by atoms with Gasteiger partial charge in [-0.3, -0.25) is 0 Å². The molecule has 3 aliphatic rings. The van der Waals surface area contributed by atoms with Crippen molar-refractivity contribution in [3.8, 4) is 0 Å². The Morgan fingerprint density at radius 3 is 2.39 bits per heavy atom. The van der Waals surface area contributed by atoms with Crippen LogP contribution in [0.4, 0.5) is 0 Å². The average molecular weight is 285 g/mol. The third-order valence-corrected chi connectivity index (χ3v) is 4.97. The first kappa shape index (κ1) is 12.7. The first-order chi connectivity index (χ1) is 8.74. The summed E-state index contributed by atoms with van der Waals surface area (Å²) in [5.41, 5.74) is 1.03. The predicted octanol–water partition coefficient (Wildman–Crippen LogP) is 3.18. The minimum absolute atomic E-state index is 0.597. The van der Waals surface area contributed by atoms with Crippen LogP contribution in [0.1, 0.15) is 18.4 Å². The van der Waals surface area contributed by atoms with Gasteiger partial charge in [0.05, 0.1) is 0 Å². The van der Waals surface area contributed by atoms with E-state index in [-0.39, 0.29) is 0 Å². The molecule has 0 aromatic heterocycles. The molecule has 3 heterocycles. The van der Waals surface area contributed by atoms with E-state index < -0.39 is 0 Å². The van der Waals surface area contributed by atoms with Gasteiger partial charge in [0, 0.05) is 34.7 Å². The largest absolute Gasteiger partial charge is 0.308 e. The van der Waals surface area contributed by atoms with E-state index in [0.29, 0.717) is 6.04 Å². The maximum absolute atomic E-state index is 6.19. The fourth-order valence-corrected chi connectivity index (χ4v) is 3.66. The summed E-state index contributed by atoms with van der Waals surface area (Å²) in [5, 5.41) is 5.16. The Labute approximate surface area is 118 Å². The molecule has 0 unspecified atom stereocenters. The molecule has 4 rings (SSSR count). The number of hydrogen-bond donors (Lipinski definition) is 1. The smallest absolute Gasteiger partial charge is 0.0465 e. The summed E-state index contributed by atoms with van der Waals surface area (Å²) >= 11 is 12.4. The van der Waals surface area contributed by atoms with Gasteiger partial charge < -0.3 is 10.2 Å². The van der Waals surface area contributed by atoms with Gasteiger partial charge in [0.2, 0.25) is 0 Å². The average Bonchev–Trinajstić information content (AvgIpc) is 2.39. The summed E-state index contributed by atoms with van der Waals surface area (Å²) in [5.74, 6) is 0.830. The molecule has 1 aromatic carbocycles. The minimum Gasteiger partial charge on any atom is -0.308 e. The highest BCUT2D eigenvalue weighted by Gasteiger charge is 2.33. The molecule has 2 nitrogen and oxygen atoms in total. The molecule has 1 aromatic rings. The van der Waals surface area contributed by atoms with E-state index in [1.165, 1.54) is 32.5 Å². The molecule has 0 radical (unpaired) electrons. The highest BCUT2D eigenvalue weighted by Crippen LogP contribution is 2.29. The molecule has 0 spiro atoms. The van der Waals surface area contributed by atoms with Crippen LogP contribution in [0, 0.1) is 5.92 Å². The predicted molar refractivity (Wildman–Crippen MR) is 76.3 cm³/mol. The summed E-state index contributed by atoms with van der Waals surface area (Å²) in [6.07, 6.45) is 2.65. The standard InChI is InChI=1S/C14H18Cl2N2/c15-12-2-1-3-13(16)11(12)8-17-14-9-18-6-4-10(14)5-7-18/h1-3,10,14,17H,4-9H2/t14-/m1/s1. The quantitative estimate of drug-likeness (QED) is 0.917. The molecule has 0 saturated carbocycles. The summed E-state index contributed by atoms with van der Waals surface area (Å²) in [6, 6.07) is 6.30. The fourth-order valence-electron chi connectivity index (χ4n) is 3.13. The molecule has 4 heteroatoms. The van der Waals surface area contributed by atoms with Gasteiger partial charge in [-0.15, -0.1) is 0 Å². The van der Waals surface area contributed by atoms with Crippen molar-refractivity contribution in [1.29, 1.82) is 0 Å². The molecule has 3 aliphatic heterocycles. The lowest BCUT2D eigenvalue weighted by Crippen LogP contribution is -2.55. The van der Waals surface area contributed by atoms with Gasteiger partial charge in [-0.05, 0) is 44.0 Å². The summed E-state index contributed by atoms with van der Waals surface area (Å²) in [7, 11) is 0. The number of fused-ring (bicyclic) bond motifs is 3. The van der Waals surface area contributed by atoms with Crippen LogP contribution in [0.3, 0.4) is 0 Å². The van der Waals surface area contributed by atoms with Crippen LogP contribution in [-0.2, 0) is 6.54 Å². The van der Waals surface area contributed by atoms with Gasteiger partial charge in [0.1, 0.15) is 0 Å². The highest BCUT2D eigenvalue weighted by molar-refractivity contribution is 6.35. The van der Waals surface area contributed by atoms with Crippen molar-refractivity contribution < 1.29 is 0 Å². The van der Waals surface area contributed by atoms with E-state index >= 15 is 0 Å². The molecule has 3 fully saturated rings. The van der Waals surface area contributed by atoms with Gasteiger partial charge in [-0.1, -0.05) is 29.3 Å². The van der Waals surface area contributed by atoms with Gasteiger partial charge in [0.25, 0.3) is 0 Å². The fraction of sp³-hybridized carbons (Fsp3) is 0.571. The van der Waals surface area contributed by atoms with Gasteiger partial charge >= 0.3 is 0 Å². The van der Waals surface area contributed by atoms with E-state index in [1.54, 1.807) is 0 Å². The second-order valence-corrected chi connectivity index (χ2v) is 6.14. The Hall–Kier alpha value is -0.280. The second kappa shape index (κ2) is 5.38. The maximum Gasteiger partial charge on any atom is 0.0465 e. The van der Waals surface area contributed by atoms with Crippen LogP contribution >= 0.6 is 23.2 Å². The van der Waals surface area contributed by atoms with Gasteiger partial charge in [-0.2, -0.15) is 0 Å². The van der Waals surface area contributed by atoms with Gasteiger partial charge in [0.15, 0.2) is 0 Å². The van der Waals surface area contributed by atoms with Crippen LogP contribution < -0.4 is 5.32 Å². The highest BCUT2D eigenvalue weighted by atomic mass is 35.5. The third-order valence-electron chi connectivity index (χ3n) is 4.26. The van der Waals surface area contributed by atoms with Crippen LogP contribution in [0.5, 0.6) is 0 Å². The molecular formula is C14H18Cl2N2. The summed E-state index contributed by atoms with van der Waals surface area (Å²) < 4.78 is 0. The zero-order valence-electron chi connectivity index (χ0n) is 10.3. The Morgan fingerprint density at radius 2 is 1.83 bits per heavy atom. The zero-order chi connectivity index (χ0) is 12.5. The van der Waals surface area contributed by atoms with Crippen LogP contribution in [0.15, 0.2) is 18.2 Å². The molecular weight excluding hydrogens is 267 g/mol. The lowest BCUT2D eigenvalue weighted by molar-refractivity contribution is 0.0720. The van der Waals surface area contributed by atoms with E-state index in [2.05, 4.69) is 10.2 Å². The molecule has 3 saturated heterocycles. The molecule has 1 N–H and O–H groups in total. The summed E-state index contributed by atoms with van der Waals surface area (Å²) in [4.78, 5) is 2.55. The van der Waals surface area contributed by atoms with Gasteiger partial charge in [-0.25, -0.2) is 0 Å². The van der Waals surface area contributed by atoms with E-state index in [1.807, 2.05) is 18.2 Å². The molecule has 0 aliphatic carbocycles. The maximum atomic E-state index is 6.19. The number of piperidine rings is 3. The molecule has 2 bridgehead atoms. The third kappa shape index (κ3) is 2.53. The SMILES string of the molecule is Clc1cccc(Cl)c1CN[C@@H]1CN2CCC1CC2. The Balaban J connectivity index is 1.64. The Bertz CT molecular complexity index is 408. The zero-order valence-corrected chi connectivity index (χ0v) is 11.8. The van der Waals surface area contributed by atoms with Crippen LogP contribution in [0.25, 0.3) is 0 Å². The minimum atomic E-state index is 0.597. The van der Waals surface area contributed by atoms with Crippen molar-refractivity contribution in [2.45, 2.75) is 25.4 Å². The van der Waals surface area contributed by atoms with Crippen LogP contribution in [-0.4, -0.2) is 30.6 Å². The molecule has 1 atom stereocenters. The number of hydrogen-bond acceptors (Lipinski definition) is 2. The van der Waals surface area contributed by atoms with Crippen LogP contribution in [0.2, 0.25) is 10.0 Å². The monoisotopic (exact) mass is 284 g/mol. The van der Waals surface area contributed by atoms with Crippen molar-refractivity contribution >= 4 is 23.2 Å². The first-order valence-electron chi connectivity index (χ1n) is 6.62. The second-order valence-electron chi connectivity index (χ2n) is 5.33. The lowest BCUT2D eigenvalue weighted by Gasteiger charge is -2.45. The topological polar surface area (TPSA) is 15.3 Å². The molecule has 98 valence electrons. The normalized spacial score (nSPS) is 30.7. The van der Waals surface area contributed by atoms with E-state index in [9.17, 15) is 0 Å². The Kier molecular flexibility index (Phi) is 3.81. The molecule has 18 heavy (non-hydrogen) atoms. The van der Waals surface area contributed by atoms with Crippen molar-refractivity contribution in [2.75, 3.05) is 19.6 Å². The summed E-state index contributed by atoms with van der Waals surface area (Å²) in [6.45, 7) is 4.49. The Morgan fingerprint density at radius 1 is 1.17 bits per heavy atom. The number of benzene rings is 1. The number of nitrogens with one attached hydrogen (secondary N) is 1. The van der Waals surface area contributed by atoms with E-state index in [4.69, 9.17) is 23.2 Å². The van der Waals surface area contributed by atoms with Crippen molar-refractivity contribution in [3.05, 3.63) is 33.8 Å². The lowest BCUT2D eigenvalue weighted by atomic mass is 9.84. The van der Waals surface area contributed by atoms with Crippen molar-refractivity contribution in [1.82, 2.24) is 10.2 Å². The number of rotatable bonds is 3. The van der Waals surface area contributed by atoms with Crippen molar-refractivity contribution in [3.63, 3.8) is 0 Å². The number of nitrogens with zero attached hydrogens (tertiary/aromatic N) is 1. The number of halogens is 2. The van der Waals surface area contributed by atoms with Crippen molar-refractivity contribution in [2.24, 2.45) is 5.92 Å².